The summed E-state index contributed by atoms with van der Waals surface area (Å²) in [5.41, 5.74) is 0.377. The summed E-state index contributed by atoms with van der Waals surface area (Å²) in [4.78, 5) is 2.70. The van der Waals surface area contributed by atoms with E-state index < -0.39 is 0 Å². The fourth-order valence-electron chi connectivity index (χ4n) is 3.85. The maximum absolute atomic E-state index is 5.52. The minimum atomic E-state index is 0.377. The number of allylic oxidation sites excluding steroid dienone is 1. The zero-order valence-corrected chi connectivity index (χ0v) is 11.8. The first-order valence-electron chi connectivity index (χ1n) is 7.44. The third kappa shape index (κ3) is 2.79. The molecule has 2 fully saturated rings. The number of hydrogen-bond acceptors (Lipinski definition) is 3. The Labute approximate surface area is 112 Å². The fourth-order valence-corrected chi connectivity index (χ4v) is 3.85. The van der Waals surface area contributed by atoms with Crippen molar-refractivity contribution >= 4 is 0 Å². The molecule has 1 saturated carbocycles. The van der Waals surface area contributed by atoms with Gasteiger partial charge in [-0.25, -0.2) is 0 Å². The summed E-state index contributed by atoms with van der Waals surface area (Å²) in [6.45, 7) is 7.88. The highest BCUT2D eigenvalue weighted by molar-refractivity contribution is 5.04. The van der Waals surface area contributed by atoms with E-state index in [0.29, 0.717) is 11.6 Å². The molecule has 1 N–H and O–H groups in total. The molecule has 104 valence electrons. The second-order valence-electron chi connectivity index (χ2n) is 5.62. The van der Waals surface area contributed by atoms with Crippen molar-refractivity contribution in [3.63, 3.8) is 0 Å². The third-order valence-electron chi connectivity index (χ3n) is 4.77. The molecule has 2 rings (SSSR count). The Kier molecular flexibility index (Phi) is 5.22. The van der Waals surface area contributed by atoms with Crippen molar-refractivity contribution in [2.45, 2.75) is 50.1 Å². The van der Waals surface area contributed by atoms with Crippen molar-refractivity contribution in [3.05, 3.63) is 12.7 Å². The summed E-state index contributed by atoms with van der Waals surface area (Å²) >= 11 is 0. The average molecular weight is 252 g/mol. The smallest absolute Gasteiger partial charge is 0.0594 e. The van der Waals surface area contributed by atoms with Crippen LogP contribution >= 0.6 is 0 Å². The number of morpholine rings is 1. The van der Waals surface area contributed by atoms with Crippen LogP contribution in [0.1, 0.15) is 38.5 Å². The Bertz CT molecular complexity index is 255. The Hall–Kier alpha value is -0.380. The minimum Gasteiger partial charge on any atom is -0.379 e. The number of hydrogen-bond donors (Lipinski definition) is 1. The van der Waals surface area contributed by atoms with Gasteiger partial charge in [-0.05, 0) is 32.7 Å². The first-order chi connectivity index (χ1) is 8.83. The highest BCUT2D eigenvalue weighted by atomic mass is 16.5. The van der Waals surface area contributed by atoms with Crippen molar-refractivity contribution in [2.24, 2.45) is 0 Å². The summed E-state index contributed by atoms with van der Waals surface area (Å²) in [5, 5.41) is 3.59. The SMILES string of the molecule is C=CCCC(NC)C1(N2CCOCC2)CCCC1. The molecular weight excluding hydrogens is 224 g/mol. The van der Waals surface area contributed by atoms with Gasteiger partial charge in [-0.1, -0.05) is 18.9 Å². The standard InChI is InChI=1S/C15H28N2O/c1-3-4-7-14(16-2)15(8-5-6-9-15)17-10-12-18-13-11-17/h3,14,16H,1,4-13H2,2H3. The van der Waals surface area contributed by atoms with Crippen LogP contribution in [0, 0.1) is 0 Å². The lowest BCUT2D eigenvalue weighted by atomic mass is 9.83. The van der Waals surface area contributed by atoms with Gasteiger partial charge in [-0.15, -0.1) is 6.58 Å². The Morgan fingerprint density at radius 2 is 2.00 bits per heavy atom. The Morgan fingerprint density at radius 1 is 1.33 bits per heavy atom. The lowest BCUT2D eigenvalue weighted by molar-refractivity contribution is -0.0357. The van der Waals surface area contributed by atoms with Crippen molar-refractivity contribution in [1.29, 1.82) is 0 Å². The number of ether oxygens (including phenoxy) is 1. The van der Waals surface area contributed by atoms with Gasteiger partial charge in [-0.3, -0.25) is 4.90 Å². The van der Waals surface area contributed by atoms with Crippen LogP contribution in [0.25, 0.3) is 0 Å². The molecule has 3 heteroatoms. The van der Waals surface area contributed by atoms with Crippen LogP contribution in [-0.4, -0.2) is 49.8 Å². The van der Waals surface area contributed by atoms with Crippen LogP contribution in [0.4, 0.5) is 0 Å². The van der Waals surface area contributed by atoms with Gasteiger partial charge in [0, 0.05) is 24.7 Å². The topological polar surface area (TPSA) is 24.5 Å². The van der Waals surface area contributed by atoms with Crippen LogP contribution in [0.3, 0.4) is 0 Å². The predicted octanol–water partition coefficient (Wildman–Crippen LogP) is 2.19. The number of rotatable bonds is 6. The molecule has 0 aromatic rings. The molecule has 1 heterocycles. The maximum atomic E-state index is 5.52. The second-order valence-corrected chi connectivity index (χ2v) is 5.62. The highest BCUT2D eigenvalue weighted by Crippen LogP contribution is 2.39. The normalized spacial score (nSPS) is 26.1. The van der Waals surface area contributed by atoms with Crippen LogP contribution < -0.4 is 5.32 Å². The van der Waals surface area contributed by atoms with E-state index in [1.165, 1.54) is 32.1 Å². The Morgan fingerprint density at radius 3 is 2.56 bits per heavy atom. The van der Waals surface area contributed by atoms with Gasteiger partial charge in [-0.2, -0.15) is 0 Å². The van der Waals surface area contributed by atoms with Crippen molar-refractivity contribution < 1.29 is 4.74 Å². The molecule has 1 aliphatic carbocycles. The van der Waals surface area contributed by atoms with Crippen molar-refractivity contribution in [2.75, 3.05) is 33.4 Å². The number of likely N-dealkylation sites (N-methyl/N-ethyl adjacent to an activating group) is 1. The van der Waals surface area contributed by atoms with Crippen LogP contribution in [0.15, 0.2) is 12.7 Å². The maximum Gasteiger partial charge on any atom is 0.0594 e. The first-order valence-corrected chi connectivity index (χ1v) is 7.44. The van der Waals surface area contributed by atoms with Gasteiger partial charge in [0.1, 0.15) is 0 Å². The molecule has 0 aromatic carbocycles. The lowest BCUT2D eigenvalue weighted by Crippen LogP contribution is -2.61. The first kappa shape index (κ1) is 14.0. The molecule has 2 aliphatic rings. The summed E-state index contributed by atoms with van der Waals surface area (Å²) < 4.78 is 5.52. The van der Waals surface area contributed by atoms with Gasteiger partial charge < -0.3 is 10.1 Å². The summed E-state index contributed by atoms with van der Waals surface area (Å²) in [5.74, 6) is 0. The molecule has 0 amide bonds. The molecule has 18 heavy (non-hydrogen) atoms. The largest absolute Gasteiger partial charge is 0.379 e. The third-order valence-corrected chi connectivity index (χ3v) is 4.77. The lowest BCUT2D eigenvalue weighted by Gasteiger charge is -2.48. The molecule has 0 radical (unpaired) electrons. The zero-order chi connectivity index (χ0) is 12.8. The quantitative estimate of drug-likeness (QED) is 0.733. The summed E-state index contributed by atoms with van der Waals surface area (Å²) in [7, 11) is 2.12. The molecule has 0 aromatic heterocycles. The molecule has 0 spiro atoms. The average Bonchev–Trinajstić information content (AvgIpc) is 2.91. The van der Waals surface area contributed by atoms with Crippen LogP contribution in [0.2, 0.25) is 0 Å². The van der Waals surface area contributed by atoms with Crippen LogP contribution in [-0.2, 0) is 4.74 Å². The summed E-state index contributed by atoms with van der Waals surface area (Å²) in [6, 6.07) is 0.594. The molecule has 3 nitrogen and oxygen atoms in total. The van der Waals surface area contributed by atoms with Gasteiger partial charge in [0.25, 0.3) is 0 Å². The van der Waals surface area contributed by atoms with E-state index in [4.69, 9.17) is 4.74 Å². The van der Waals surface area contributed by atoms with Crippen LogP contribution in [0.5, 0.6) is 0 Å². The molecule has 1 unspecified atom stereocenters. The summed E-state index contributed by atoms with van der Waals surface area (Å²) in [6.07, 6.45) is 9.81. The molecule has 1 saturated heterocycles. The van der Waals surface area contributed by atoms with E-state index in [1.807, 2.05) is 6.08 Å². The van der Waals surface area contributed by atoms with E-state index in [-0.39, 0.29) is 0 Å². The van der Waals surface area contributed by atoms with E-state index >= 15 is 0 Å². The fraction of sp³-hybridized carbons (Fsp3) is 0.867. The molecule has 1 aliphatic heterocycles. The molecule has 1 atom stereocenters. The van der Waals surface area contributed by atoms with Crippen molar-refractivity contribution in [3.8, 4) is 0 Å². The Balaban J connectivity index is 2.10. The van der Waals surface area contributed by atoms with Gasteiger partial charge >= 0.3 is 0 Å². The predicted molar refractivity (Wildman–Crippen MR) is 75.9 cm³/mol. The second kappa shape index (κ2) is 6.69. The highest BCUT2D eigenvalue weighted by Gasteiger charge is 2.45. The monoisotopic (exact) mass is 252 g/mol. The van der Waals surface area contributed by atoms with Gasteiger partial charge in [0.05, 0.1) is 13.2 Å². The minimum absolute atomic E-state index is 0.377. The number of nitrogens with one attached hydrogen (secondary N) is 1. The van der Waals surface area contributed by atoms with E-state index in [1.54, 1.807) is 0 Å². The molecule has 0 bridgehead atoms. The number of nitrogens with zero attached hydrogens (tertiary/aromatic N) is 1. The molecular formula is C15H28N2O. The van der Waals surface area contributed by atoms with E-state index in [9.17, 15) is 0 Å². The van der Waals surface area contributed by atoms with Gasteiger partial charge in [0.2, 0.25) is 0 Å². The van der Waals surface area contributed by atoms with E-state index in [2.05, 4.69) is 23.8 Å². The van der Waals surface area contributed by atoms with Gasteiger partial charge in [0.15, 0.2) is 0 Å². The zero-order valence-electron chi connectivity index (χ0n) is 11.8. The van der Waals surface area contributed by atoms with E-state index in [0.717, 1.165) is 32.7 Å². The van der Waals surface area contributed by atoms with Crippen molar-refractivity contribution in [1.82, 2.24) is 10.2 Å².